The zero-order valence-corrected chi connectivity index (χ0v) is 18.5. The van der Waals surface area contributed by atoms with Crippen molar-refractivity contribution in [3.63, 3.8) is 0 Å². The van der Waals surface area contributed by atoms with Gasteiger partial charge in [-0.3, -0.25) is 0 Å². The van der Waals surface area contributed by atoms with E-state index in [9.17, 15) is 8.42 Å². The van der Waals surface area contributed by atoms with Crippen LogP contribution in [0.2, 0.25) is 0 Å². The summed E-state index contributed by atoms with van der Waals surface area (Å²) in [5, 5.41) is 0. The highest BCUT2D eigenvalue weighted by Gasteiger charge is 2.16. The van der Waals surface area contributed by atoms with E-state index in [1.54, 1.807) is 12.1 Å². The molecule has 0 aliphatic heterocycles. The molecule has 0 aliphatic rings. The lowest BCUT2D eigenvalue weighted by molar-refractivity contribution is -0.497. The monoisotopic (exact) mass is 396 g/mol. The van der Waals surface area contributed by atoms with Crippen molar-refractivity contribution in [2.75, 3.05) is 6.54 Å². The minimum absolute atomic E-state index is 0.415. The Hall–Kier alpha value is -0.870. The van der Waals surface area contributed by atoms with Gasteiger partial charge in [0.25, 0.3) is 0 Å². The number of nitrogens with two attached hydrogens (primary N) is 1. The number of unbranched alkanes of at least 4 members (excludes halogenated alkanes) is 13. The van der Waals surface area contributed by atoms with Gasteiger partial charge in [-0.1, -0.05) is 102 Å². The van der Waals surface area contributed by atoms with Gasteiger partial charge in [0.05, 0.1) is 6.54 Å². The van der Waals surface area contributed by atoms with E-state index in [2.05, 4.69) is 6.92 Å². The minimum Gasteiger partial charge on any atom is -0.237 e. The molecule has 0 saturated heterocycles. The van der Waals surface area contributed by atoms with Crippen molar-refractivity contribution in [2.24, 2.45) is 0 Å². The van der Waals surface area contributed by atoms with Gasteiger partial charge in [-0.2, -0.15) is 8.42 Å². The van der Waals surface area contributed by atoms with E-state index in [4.69, 9.17) is 0 Å². The summed E-state index contributed by atoms with van der Waals surface area (Å²) in [6.07, 6.45) is 18.5. The van der Waals surface area contributed by atoms with E-state index in [0.29, 0.717) is 11.4 Å². The lowest BCUT2D eigenvalue weighted by Gasteiger charge is -2.05. The van der Waals surface area contributed by atoms with Crippen LogP contribution >= 0.6 is 0 Å². The molecule has 0 bridgehead atoms. The van der Waals surface area contributed by atoms with Gasteiger partial charge in [0.2, 0.25) is 0 Å². The standard InChI is InChI=1S/C23H41NO2S/c1-3-4-5-6-7-8-9-10-11-12-13-14-15-16-21-24-27(25,26)23-19-17-22(2)18-20-23/h17-20,24H,3-16,21H2,1-2H3/p+1. The molecule has 1 rings (SSSR count). The third-order valence-corrected chi connectivity index (χ3v) is 6.85. The molecule has 4 heteroatoms. The molecule has 1 aromatic rings. The topological polar surface area (TPSA) is 50.8 Å². The lowest BCUT2D eigenvalue weighted by atomic mass is 10.0. The zero-order valence-electron chi connectivity index (χ0n) is 17.7. The third kappa shape index (κ3) is 12.2. The highest BCUT2D eigenvalue weighted by Crippen LogP contribution is 2.13. The SMILES string of the molecule is CCCCCCCCCCCCCCCC[NH2+]S(=O)(=O)c1ccc(C)cc1. The van der Waals surface area contributed by atoms with E-state index in [0.717, 1.165) is 18.4 Å². The average Bonchev–Trinajstić information content (AvgIpc) is 2.65. The molecule has 1 aromatic carbocycles. The van der Waals surface area contributed by atoms with Crippen LogP contribution in [0.15, 0.2) is 29.2 Å². The second-order valence-electron chi connectivity index (χ2n) is 7.91. The van der Waals surface area contributed by atoms with E-state index in [1.807, 2.05) is 19.1 Å². The summed E-state index contributed by atoms with van der Waals surface area (Å²) in [6, 6.07) is 7.11. The van der Waals surface area contributed by atoms with E-state index < -0.39 is 10.0 Å². The van der Waals surface area contributed by atoms with Crippen molar-refractivity contribution < 1.29 is 13.1 Å². The first-order valence-corrected chi connectivity index (χ1v) is 12.8. The largest absolute Gasteiger partial charge is 0.324 e. The van der Waals surface area contributed by atoms with Gasteiger partial charge >= 0.3 is 10.0 Å². The van der Waals surface area contributed by atoms with Crippen LogP contribution in [-0.4, -0.2) is 15.0 Å². The number of quaternary nitrogens is 1. The molecular formula is C23H42NO2S+. The van der Waals surface area contributed by atoms with Gasteiger partial charge < -0.3 is 0 Å². The Morgan fingerprint density at radius 1 is 0.667 bits per heavy atom. The van der Waals surface area contributed by atoms with E-state index in [1.165, 1.54) is 81.8 Å². The number of benzene rings is 1. The summed E-state index contributed by atoms with van der Waals surface area (Å²) < 4.78 is 25.9. The first kappa shape index (κ1) is 24.2. The predicted octanol–water partition coefficient (Wildman–Crippen LogP) is 5.73. The summed E-state index contributed by atoms with van der Waals surface area (Å²) in [6.45, 7) is 4.90. The maximum absolute atomic E-state index is 12.2. The van der Waals surface area contributed by atoms with Gasteiger partial charge in [0, 0.05) is 0 Å². The first-order chi connectivity index (χ1) is 13.1. The highest BCUT2D eigenvalue weighted by molar-refractivity contribution is 7.84. The highest BCUT2D eigenvalue weighted by atomic mass is 32.2. The molecule has 0 aromatic heterocycles. The fourth-order valence-electron chi connectivity index (χ4n) is 3.40. The molecule has 156 valence electrons. The summed E-state index contributed by atoms with van der Waals surface area (Å²) in [7, 11) is -3.22. The smallest absolute Gasteiger partial charge is 0.237 e. The number of aryl methyl sites for hydroxylation is 1. The minimum atomic E-state index is -3.22. The van der Waals surface area contributed by atoms with Crippen LogP contribution in [0.3, 0.4) is 0 Å². The summed E-state index contributed by atoms with van der Waals surface area (Å²) >= 11 is 0. The van der Waals surface area contributed by atoms with Crippen molar-refractivity contribution in [2.45, 2.75) is 109 Å². The first-order valence-electron chi connectivity index (χ1n) is 11.2. The molecule has 0 radical (unpaired) electrons. The van der Waals surface area contributed by atoms with Gasteiger partial charge in [-0.25, -0.2) is 4.72 Å². The zero-order chi connectivity index (χ0) is 19.8. The van der Waals surface area contributed by atoms with E-state index in [-0.39, 0.29) is 0 Å². The molecule has 0 atom stereocenters. The third-order valence-electron chi connectivity index (χ3n) is 5.24. The average molecular weight is 397 g/mol. The molecule has 0 spiro atoms. The molecular weight excluding hydrogens is 354 g/mol. The van der Waals surface area contributed by atoms with Crippen LogP contribution in [0.4, 0.5) is 0 Å². The Balaban J connectivity index is 1.91. The maximum atomic E-state index is 12.2. The molecule has 27 heavy (non-hydrogen) atoms. The van der Waals surface area contributed by atoms with Gasteiger partial charge in [0.1, 0.15) is 4.90 Å². The summed E-state index contributed by atoms with van der Waals surface area (Å²) in [5.41, 5.74) is 1.08. The predicted molar refractivity (Wildman–Crippen MR) is 115 cm³/mol. The van der Waals surface area contributed by atoms with Crippen molar-refractivity contribution in [3.05, 3.63) is 29.8 Å². The number of hydrogen-bond donors (Lipinski definition) is 1. The Kier molecular flexibility index (Phi) is 13.5. The van der Waals surface area contributed by atoms with Gasteiger partial charge in [-0.15, -0.1) is 0 Å². The van der Waals surface area contributed by atoms with Crippen molar-refractivity contribution in [1.82, 2.24) is 0 Å². The van der Waals surface area contributed by atoms with Crippen molar-refractivity contribution >= 4 is 10.0 Å². The maximum Gasteiger partial charge on any atom is 0.324 e. The molecule has 2 N–H and O–H groups in total. The van der Waals surface area contributed by atoms with Crippen molar-refractivity contribution in [3.8, 4) is 0 Å². The van der Waals surface area contributed by atoms with Crippen LogP contribution in [0.25, 0.3) is 0 Å². The van der Waals surface area contributed by atoms with Crippen LogP contribution < -0.4 is 4.72 Å². The Labute approximate surface area is 168 Å². The van der Waals surface area contributed by atoms with Gasteiger partial charge in [-0.05, 0) is 31.9 Å². The molecule has 0 unspecified atom stereocenters. The Morgan fingerprint density at radius 3 is 1.52 bits per heavy atom. The summed E-state index contributed by atoms with van der Waals surface area (Å²) in [5.74, 6) is 0. The number of rotatable bonds is 17. The lowest BCUT2D eigenvalue weighted by Crippen LogP contribution is -2.87. The molecule has 0 fully saturated rings. The van der Waals surface area contributed by atoms with Gasteiger partial charge in [0.15, 0.2) is 0 Å². The second-order valence-corrected chi connectivity index (χ2v) is 9.80. The number of sulfonamides is 1. The van der Waals surface area contributed by atoms with Crippen LogP contribution in [0.1, 0.15) is 102 Å². The molecule has 0 amide bonds. The van der Waals surface area contributed by atoms with Crippen LogP contribution in [0, 0.1) is 6.92 Å². The van der Waals surface area contributed by atoms with Crippen LogP contribution in [-0.2, 0) is 10.0 Å². The molecule has 0 aliphatic carbocycles. The number of hydrogen-bond acceptors (Lipinski definition) is 2. The van der Waals surface area contributed by atoms with Crippen LogP contribution in [0.5, 0.6) is 0 Å². The molecule has 3 nitrogen and oxygen atoms in total. The van der Waals surface area contributed by atoms with Crippen molar-refractivity contribution in [1.29, 1.82) is 0 Å². The Bertz CT molecular complexity index is 567. The Morgan fingerprint density at radius 2 is 1.07 bits per heavy atom. The quantitative estimate of drug-likeness (QED) is 0.342. The van der Waals surface area contributed by atoms with E-state index >= 15 is 0 Å². The second kappa shape index (κ2) is 15.1. The fraction of sp³-hybridized carbons (Fsp3) is 0.739. The normalized spacial score (nSPS) is 11.8. The summed E-state index contributed by atoms with van der Waals surface area (Å²) in [4.78, 5) is 0.415. The fourth-order valence-corrected chi connectivity index (χ4v) is 4.59. The molecule has 0 heterocycles. The molecule has 0 saturated carbocycles. The number of primary sulfonamides is 1.